The van der Waals surface area contributed by atoms with Crippen molar-refractivity contribution in [1.82, 2.24) is 10.6 Å². The molecule has 3 atom stereocenters. The number of thioether (sulfide) groups is 1. The fourth-order valence-electron chi connectivity index (χ4n) is 3.66. The molecular formula is C27H34N2O6S. The van der Waals surface area contributed by atoms with Gasteiger partial charge in [-0.05, 0) is 42.0 Å². The fraction of sp³-hybridized carbons (Fsp3) is 0.407. The molecule has 36 heavy (non-hydrogen) atoms. The molecule has 2 amide bonds. The Bertz CT molecular complexity index is 1030. The Morgan fingerprint density at radius 1 is 0.861 bits per heavy atom. The zero-order valence-electron chi connectivity index (χ0n) is 21.0. The summed E-state index contributed by atoms with van der Waals surface area (Å²) in [6.45, 7) is 5.25. The van der Waals surface area contributed by atoms with Gasteiger partial charge < -0.3 is 20.5 Å². The minimum atomic E-state index is -0.981. The van der Waals surface area contributed by atoms with Gasteiger partial charge in [-0.2, -0.15) is 0 Å². The first-order valence-corrected chi connectivity index (χ1v) is 12.6. The standard InChI is InChI=1S/C27H34N2O6S/c1-17(2)14-22(28-26(33)24(36-18(3)30)16-19-8-6-5-7-9-19)25(32)29-23(27(34)35-4)15-20-10-12-21(31)13-11-20/h5-13,17,22-24,31H,14-16H2,1-4H3,(H,28,33)(H,29,32)/t22-,23-,24-/m0/s1. The average Bonchev–Trinajstić information content (AvgIpc) is 2.83. The molecule has 2 aromatic carbocycles. The van der Waals surface area contributed by atoms with Crippen LogP contribution in [0.15, 0.2) is 54.6 Å². The second kappa shape index (κ2) is 14.3. The van der Waals surface area contributed by atoms with Crippen LogP contribution in [0.5, 0.6) is 5.75 Å². The number of hydrogen-bond acceptors (Lipinski definition) is 7. The summed E-state index contributed by atoms with van der Waals surface area (Å²) in [6.07, 6.45) is 0.823. The maximum Gasteiger partial charge on any atom is 0.328 e. The quantitative estimate of drug-likeness (QED) is 0.372. The number of rotatable bonds is 12. The van der Waals surface area contributed by atoms with Gasteiger partial charge in [-0.3, -0.25) is 14.4 Å². The lowest BCUT2D eigenvalue weighted by Crippen LogP contribution is -2.54. The van der Waals surface area contributed by atoms with Crippen molar-refractivity contribution >= 4 is 34.7 Å². The third-order valence-corrected chi connectivity index (χ3v) is 6.38. The number of carbonyl (C=O) groups excluding carboxylic acids is 4. The first-order valence-electron chi connectivity index (χ1n) is 11.8. The van der Waals surface area contributed by atoms with E-state index in [1.807, 2.05) is 44.2 Å². The van der Waals surface area contributed by atoms with E-state index in [-0.39, 0.29) is 23.2 Å². The summed E-state index contributed by atoms with van der Waals surface area (Å²) < 4.78 is 4.87. The second-order valence-corrected chi connectivity index (χ2v) is 10.3. The molecule has 0 saturated carbocycles. The van der Waals surface area contributed by atoms with Gasteiger partial charge in [0.15, 0.2) is 5.12 Å². The maximum absolute atomic E-state index is 13.2. The van der Waals surface area contributed by atoms with E-state index in [0.717, 1.165) is 17.3 Å². The highest BCUT2D eigenvalue weighted by atomic mass is 32.2. The van der Waals surface area contributed by atoms with Gasteiger partial charge in [0.1, 0.15) is 17.8 Å². The van der Waals surface area contributed by atoms with Gasteiger partial charge >= 0.3 is 5.97 Å². The van der Waals surface area contributed by atoms with Gasteiger partial charge in [-0.25, -0.2) is 4.79 Å². The number of nitrogens with one attached hydrogen (secondary N) is 2. The van der Waals surface area contributed by atoms with Crippen molar-refractivity contribution in [3.8, 4) is 5.75 Å². The van der Waals surface area contributed by atoms with Gasteiger partial charge in [-0.15, -0.1) is 0 Å². The summed E-state index contributed by atoms with van der Waals surface area (Å²) in [4.78, 5) is 50.7. The highest BCUT2D eigenvalue weighted by Crippen LogP contribution is 2.19. The molecule has 0 heterocycles. The molecule has 9 heteroatoms. The number of methoxy groups -OCH3 is 1. The molecule has 2 aromatic rings. The van der Waals surface area contributed by atoms with Gasteiger partial charge in [0, 0.05) is 13.3 Å². The van der Waals surface area contributed by atoms with E-state index in [9.17, 15) is 24.3 Å². The van der Waals surface area contributed by atoms with Crippen molar-refractivity contribution in [2.75, 3.05) is 7.11 Å². The smallest absolute Gasteiger partial charge is 0.328 e. The summed E-state index contributed by atoms with van der Waals surface area (Å²) in [6, 6.07) is 13.7. The Morgan fingerprint density at radius 2 is 1.44 bits per heavy atom. The number of phenols is 1. The van der Waals surface area contributed by atoms with Crippen LogP contribution < -0.4 is 10.6 Å². The fourth-order valence-corrected chi connectivity index (χ4v) is 4.51. The minimum Gasteiger partial charge on any atom is -0.508 e. The Morgan fingerprint density at radius 3 is 2.00 bits per heavy atom. The molecule has 0 aliphatic carbocycles. The number of hydrogen-bond donors (Lipinski definition) is 3. The third-order valence-electron chi connectivity index (χ3n) is 5.38. The zero-order chi connectivity index (χ0) is 26.7. The zero-order valence-corrected chi connectivity index (χ0v) is 21.8. The van der Waals surface area contributed by atoms with Crippen molar-refractivity contribution in [3.63, 3.8) is 0 Å². The van der Waals surface area contributed by atoms with E-state index in [2.05, 4.69) is 10.6 Å². The molecule has 194 valence electrons. The Kier molecular flexibility index (Phi) is 11.5. The molecule has 0 radical (unpaired) electrons. The number of ether oxygens (including phenoxy) is 1. The second-order valence-electron chi connectivity index (χ2n) is 8.93. The number of esters is 1. The SMILES string of the molecule is COC(=O)[C@H](Cc1ccc(O)cc1)NC(=O)[C@H](CC(C)C)NC(=O)[C@H](Cc1ccccc1)SC(C)=O. The third kappa shape index (κ3) is 9.73. The molecule has 3 N–H and O–H groups in total. The van der Waals surface area contributed by atoms with Crippen LogP contribution >= 0.6 is 11.8 Å². The summed E-state index contributed by atoms with van der Waals surface area (Å²) in [5.41, 5.74) is 1.62. The van der Waals surface area contributed by atoms with E-state index in [0.29, 0.717) is 18.4 Å². The molecular weight excluding hydrogens is 480 g/mol. The number of carbonyl (C=O) groups is 4. The summed E-state index contributed by atoms with van der Waals surface area (Å²) in [5, 5.41) is 14.1. The molecule has 0 aromatic heterocycles. The van der Waals surface area contributed by atoms with Crippen molar-refractivity contribution < 1.29 is 29.0 Å². The van der Waals surface area contributed by atoms with E-state index < -0.39 is 35.1 Å². The van der Waals surface area contributed by atoms with Gasteiger partial charge in [0.2, 0.25) is 11.8 Å². The van der Waals surface area contributed by atoms with Crippen LogP contribution in [-0.4, -0.2) is 52.4 Å². The first-order chi connectivity index (χ1) is 17.1. The van der Waals surface area contributed by atoms with Crippen LogP contribution in [0.1, 0.15) is 38.3 Å². The van der Waals surface area contributed by atoms with Crippen LogP contribution in [-0.2, 0) is 36.8 Å². The topological polar surface area (TPSA) is 122 Å². The van der Waals surface area contributed by atoms with Crippen molar-refractivity contribution in [3.05, 3.63) is 65.7 Å². The average molecular weight is 515 g/mol. The molecule has 0 aliphatic heterocycles. The number of aromatic hydroxyl groups is 1. The lowest BCUT2D eigenvalue weighted by atomic mass is 10.0. The van der Waals surface area contributed by atoms with E-state index in [1.54, 1.807) is 12.1 Å². The molecule has 2 rings (SSSR count). The molecule has 0 saturated heterocycles. The lowest BCUT2D eigenvalue weighted by molar-refractivity contribution is -0.145. The molecule has 0 unspecified atom stereocenters. The van der Waals surface area contributed by atoms with E-state index in [1.165, 1.54) is 26.2 Å². The predicted octanol–water partition coefficient (Wildman–Crippen LogP) is 3.01. The van der Waals surface area contributed by atoms with Gasteiger partial charge in [0.25, 0.3) is 0 Å². The van der Waals surface area contributed by atoms with Gasteiger partial charge in [0.05, 0.1) is 12.4 Å². The Balaban J connectivity index is 2.18. The van der Waals surface area contributed by atoms with Crippen LogP contribution in [0.2, 0.25) is 0 Å². The molecule has 0 fully saturated rings. The van der Waals surface area contributed by atoms with E-state index in [4.69, 9.17) is 4.74 Å². The van der Waals surface area contributed by atoms with E-state index >= 15 is 0 Å². The Hall–Kier alpha value is -3.33. The highest BCUT2D eigenvalue weighted by Gasteiger charge is 2.31. The van der Waals surface area contributed by atoms with Crippen LogP contribution in [0, 0.1) is 5.92 Å². The maximum atomic E-state index is 13.2. The van der Waals surface area contributed by atoms with Crippen LogP contribution in [0.25, 0.3) is 0 Å². The number of amides is 2. The summed E-state index contributed by atoms with van der Waals surface area (Å²) in [7, 11) is 1.23. The molecule has 8 nitrogen and oxygen atoms in total. The molecule has 0 bridgehead atoms. The van der Waals surface area contributed by atoms with Crippen molar-refractivity contribution in [2.45, 2.75) is 57.4 Å². The molecule has 0 spiro atoms. The number of benzene rings is 2. The summed E-state index contributed by atoms with van der Waals surface area (Å²) in [5.74, 6) is -1.40. The summed E-state index contributed by atoms with van der Waals surface area (Å²) >= 11 is 0.923. The van der Waals surface area contributed by atoms with Crippen LogP contribution in [0.3, 0.4) is 0 Å². The monoisotopic (exact) mass is 514 g/mol. The van der Waals surface area contributed by atoms with Crippen LogP contribution in [0.4, 0.5) is 0 Å². The van der Waals surface area contributed by atoms with Crippen molar-refractivity contribution in [2.24, 2.45) is 5.92 Å². The molecule has 0 aliphatic rings. The van der Waals surface area contributed by atoms with Gasteiger partial charge in [-0.1, -0.05) is 68.1 Å². The predicted molar refractivity (Wildman–Crippen MR) is 139 cm³/mol. The largest absolute Gasteiger partial charge is 0.508 e. The lowest BCUT2D eigenvalue weighted by Gasteiger charge is -2.25. The normalized spacial score (nSPS) is 13.4. The number of phenolic OH excluding ortho intramolecular Hbond substituents is 1. The Labute approximate surface area is 216 Å². The first kappa shape index (κ1) is 28.9. The van der Waals surface area contributed by atoms with Crippen molar-refractivity contribution in [1.29, 1.82) is 0 Å². The minimum absolute atomic E-state index is 0.0720. The highest BCUT2D eigenvalue weighted by molar-refractivity contribution is 8.14.